The molecule has 0 atom stereocenters. The Balaban J connectivity index is 0.755. The standard InChI is InChI=1S/C73H72N2O5/c1-4-57-12-18-63(19-13-57)52-76-47-44-60-24-34-69(35-25-60)74(68-10-8-7-9-11-68)72-40-30-66(31-41-72)55-79-50-51-80-56-67-32-42-73(43-33-67)75(70-36-26-61(27-37-70)45-48-77-53-64-20-14-58(5-2)15-21-64)71-38-28-62(29-39-71)46-49-78-54-65-22-16-59(6-3)17-23-65/h4-43H,1-3,44-56H2. The highest BCUT2D eigenvalue weighted by molar-refractivity contribution is 5.78. The fraction of sp³-hybridized carbons (Fsp3) is 0.178. The molecule has 0 saturated heterocycles. The van der Waals surface area contributed by atoms with E-state index in [-0.39, 0.29) is 0 Å². The van der Waals surface area contributed by atoms with Crippen molar-refractivity contribution in [1.82, 2.24) is 0 Å². The molecule has 0 spiro atoms. The van der Waals surface area contributed by atoms with Crippen LogP contribution < -0.4 is 9.80 Å². The SMILES string of the molecule is C=Cc1ccc(COCCc2ccc(N(c3ccccc3)c3ccc(COCCOCc4ccc(N(c5ccc(CCOCc6ccc(C=C)cc6)cc5)c5ccc(CCOCc6ccc(C=C)cc6)cc5)cc4)cc3)cc2)cc1. The van der Waals surface area contributed by atoms with Gasteiger partial charge in [-0.3, -0.25) is 0 Å². The van der Waals surface area contributed by atoms with Gasteiger partial charge in [0, 0.05) is 34.1 Å². The van der Waals surface area contributed by atoms with Crippen LogP contribution in [0.25, 0.3) is 18.2 Å². The van der Waals surface area contributed by atoms with Crippen LogP contribution in [0, 0.1) is 0 Å². The first-order chi connectivity index (χ1) is 39.5. The molecule has 0 radical (unpaired) electrons. The van der Waals surface area contributed by atoms with Gasteiger partial charge < -0.3 is 33.5 Å². The molecule has 7 nitrogen and oxygen atoms in total. The van der Waals surface area contributed by atoms with Crippen LogP contribution in [0.2, 0.25) is 0 Å². The predicted octanol–water partition coefficient (Wildman–Crippen LogP) is 17.6. The van der Waals surface area contributed by atoms with Gasteiger partial charge in [0.15, 0.2) is 0 Å². The number of hydrogen-bond acceptors (Lipinski definition) is 7. The Bertz CT molecular complexity index is 3170. The van der Waals surface area contributed by atoms with Gasteiger partial charge in [-0.2, -0.15) is 0 Å². The van der Waals surface area contributed by atoms with Gasteiger partial charge in [-0.05, 0) is 153 Å². The molecular formula is C73H72N2O5. The predicted molar refractivity (Wildman–Crippen MR) is 331 cm³/mol. The lowest BCUT2D eigenvalue weighted by Crippen LogP contribution is -2.11. The van der Waals surface area contributed by atoms with Crippen LogP contribution in [0.3, 0.4) is 0 Å². The minimum absolute atomic E-state index is 0.486. The molecule has 80 heavy (non-hydrogen) atoms. The van der Waals surface area contributed by atoms with Crippen LogP contribution in [-0.4, -0.2) is 33.0 Å². The first-order valence-corrected chi connectivity index (χ1v) is 27.6. The minimum Gasteiger partial charge on any atom is -0.376 e. The molecule has 9 rings (SSSR count). The molecule has 0 aliphatic carbocycles. The van der Waals surface area contributed by atoms with E-state index in [2.05, 4.69) is 248 Å². The van der Waals surface area contributed by atoms with Gasteiger partial charge in [0.05, 0.1) is 66.1 Å². The summed E-state index contributed by atoms with van der Waals surface area (Å²) < 4.78 is 30.3. The van der Waals surface area contributed by atoms with Gasteiger partial charge in [-0.1, -0.05) is 190 Å². The number of anilines is 6. The fourth-order valence-corrected chi connectivity index (χ4v) is 9.28. The van der Waals surface area contributed by atoms with Crippen molar-refractivity contribution in [2.45, 2.75) is 52.3 Å². The van der Waals surface area contributed by atoms with E-state index < -0.39 is 0 Å². The topological polar surface area (TPSA) is 52.6 Å². The number of hydrogen-bond donors (Lipinski definition) is 0. The summed E-state index contributed by atoms with van der Waals surface area (Å²) in [5, 5.41) is 0. The molecule has 404 valence electrons. The number of ether oxygens (including phenoxy) is 5. The number of para-hydroxylation sites is 1. The van der Waals surface area contributed by atoms with Gasteiger partial charge in [-0.15, -0.1) is 0 Å². The molecule has 0 fully saturated rings. The number of nitrogens with zero attached hydrogens (tertiary/aromatic N) is 2. The summed E-state index contributed by atoms with van der Waals surface area (Å²) >= 11 is 0. The molecular weight excluding hydrogens is 985 g/mol. The van der Waals surface area contributed by atoms with Crippen LogP contribution in [0.15, 0.2) is 244 Å². The van der Waals surface area contributed by atoms with Crippen molar-refractivity contribution >= 4 is 52.4 Å². The van der Waals surface area contributed by atoms with E-state index in [9.17, 15) is 0 Å². The molecule has 0 bridgehead atoms. The van der Waals surface area contributed by atoms with Crippen LogP contribution >= 0.6 is 0 Å². The second-order valence-electron chi connectivity index (χ2n) is 19.7. The van der Waals surface area contributed by atoms with Crippen LogP contribution in [0.1, 0.15) is 61.2 Å². The minimum atomic E-state index is 0.486. The zero-order valence-electron chi connectivity index (χ0n) is 45.8. The van der Waals surface area contributed by atoms with Crippen molar-refractivity contribution in [1.29, 1.82) is 0 Å². The van der Waals surface area contributed by atoms with Crippen molar-refractivity contribution in [2.24, 2.45) is 0 Å². The molecule has 9 aromatic rings. The third-order valence-corrected chi connectivity index (χ3v) is 14.0. The normalized spacial score (nSPS) is 11.1. The molecule has 0 aromatic heterocycles. The molecule has 0 aliphatic heterocycles. The summed E-state index contributed by atoms with van der Waals surface area (Å²) in [5.41, 5.74) is 19.1. The fourth-order valence-electron chi connectivity index (χ4n) is 9.28. The summed E-state index contributed by atoms with van der Waals surface area (Å²) in [6.45, 7) is 17.2. The van der Waals surface area contributed by atoms with Gasteiger partial charge >= 0.3 is 0 Å². The van der Waals surface area contributed by atoms with Crippen LogP contribution in [-0.2, 0) is 76.0 Å². The van der Waals surface area contributed by atoms with E-state index in [0.29, 0.717) is 66.1 Å². The molecule has 0 aliphatic rings. The average Bonchev–Trinajstić information content (AvgIpc) is 3.52. The first-order valence-electron chi connectivity index (χ1n) is 27.6. The second kappa shape index (κ2) is 30.1. The van der Waals surface area contributed by atoms with Crippen molar-refractivity contribution in [3.63, 3.8) is 0 Å². The van der Waals surface area contributed by atoms with Gasteiger partial charge in [0.1, 0.15) is 0 Å². The Hall–Kier alpha value is -8.40. The van der Waals surface area contributed by atoms with E-state index in [1.807, 2.05) is 24.3 Å². The van der Waals surface area contributed by atoms with E-state index in [1.165, 1.54) is 16.7 Å². The zero-order valence-corrected chi connectivity index (χ0v) is 45.8. The molecule has 0 saturated carbocycles. The third-order valence-electron chi connectivity index (χ3n) is 14.0. The van der Waals surface area contributed by atoms with E-state index in [0.717, 1.165) is 97.9 Å². The molecule has 0 amide bonds. The van der Waals surface area contributed by atoms with Gasteiger partial charge in [0.25, 0.3) is 0 Å². The molecule has 0 heterocycles. The maximum absolute atomic E-state index is 6.13. The Morgan fingerprint density at radius 1 is 0.237 bits per heavy atom. The van der Waals surface area contributed by atoms with E-state index >= 15 is 0 Å². The largest absolute Gasteiger partial charge is 0.376 e. The Labute approximate surface area is 474 Å². The highest BCUT2D eigenvalue weighted by Crippen LogP contribution is 2.37. The summed E-state index contributed by atoms with van der Waals surface area (Å²) in [7, 11) is 0. The lowest BCUT2D eigenvalue weighted by atomic mass is 10.1. The molecule has 0 unspecified atom stereocenters. The quantitative estimate of drug-likeness (QED) is 0.0401. The lowest BCUT2D eigenvalue weighted by molar-refractivity contribution is 0.0339. The van der Waals surface area contributed by atoms with Gasteiger partial charge in [0.2, 0.25) is 0 Å². The van der Waals surface area contributed by atoms with E-state index in [4.69, 9.17) is 23.7 Å². The van der Waals surface area contributed by atoms with Crippen LogP contribution in [0.4, 0.5) is 34.1 Å². The monoisotopic (exact) mass is 1060 g/mol. The summed E-state index contributed by atoms with van der Waals surface area (Å²) in [5.74, 6) is 0. The zero-order chi connectivity index (χ0) is 55.0. The Morgan fingerprint density at radius 2 is 0.450 bits per heavy atom. The second-order valence-corrected chi connectivity index (χ2v) is 19.7. The van der Waals surface area contributed by atoms with Crippen LogP contribution in [0.5, 0.6) is 0 Å². The Kier molecular flexibility index (Phi) is 21.2. The molecule has 9 aromatic carbocycles. The van der Waals surface area contributed by atoms with Gasteiger partial charge in [-0.25, -0.2) is 0 Å². The lowest BCUT2D eigenvalue weighted by Gasteiger charge is -2.26. The van der Waals surface area contributed by atoms with Crippen molar-refractivity contribution < 1.29 is 23.7 Å². The summed E-state index contributed by atoms with van der Waals surface area (Å²) in [4.78, 5) is 4.58. The Morgan fingerprint density at radius 3 is 0.700 bits per heavy atom. The first kappa shape index (κ1) is 56.3. The number of rotatable bonds is 31. The van der Waals surface area contributed by atoms with Crippen molar-refractivity contribution in [2.75, 3.05) is 42.8 Å². The summed E-state index contributed by atoms with van der Waals surface area (Å²) in [6.07, 6.45) is 8.05. The average molecular weight is 1060 g/mol. The summed E-state index contributed by atoms with van der Waals surface area (Å²) in [6, 6.07) is 79.0. The maximum Gasteiger partial charge on any atom is 0.0718 e. The maximum atomic E-state index is 6.13. The highest BCUT2D eigenvalue weighted by Gasteiger charge is 2.15. The smallest absolute Gasteiger partial charge is 0.0718 e. The van der Waals surface area contributed by atoms with Crippen molar-refractivity contribution in [3.8, 4) is 0 Å². The third kappa shape index (κ3) is 16.8. The molecule has 0 N–H and O–H groups in total. The molecule has 7 heteroatoms. The number of benzene rings is 9. The highest BCUT2D eigenvalue weighted by atomic mass is 16.5. The van der Waals surface area contributed by atoms with Crippen molar-refractivity contribution in [3.05, 3.63) is 305 Å². The van der Waals surface area contributed by atoms with E-state index in [1.54, 1.807) is 0 Å².